The second-order valence-corrected chi connectivity index (χ2v) is 7.17. The second kappa shape index (κ2) is 7.03. The first-order valence-corrected chi connectivity index (χ1v) is 9.19. The maximum absolute atomic E-state index is 12.8. The summed E-state index contributed by atoms with van der Waals surface area (Å²) in [6.45, 7) is 7.42. The second-order valence-electron chi connectivity index (χ2n) is 7.17. The third-order valence-corrected chi connectivity index (χ3v) is 5.25. The number of fused-ring (bicyclic) bond motifs is 1. The normalized spacial score (nSPS) is 16.4. The van der Waals surface area contributed by atoms with Gasteiger partial charge in [-0.05, 0) is 50.9 Å². The number of nitrogens with zero attached hydrogens (tertiary/aromatic N) is 4. The van der Waals surface area contributed by atoms with Crippen LogP contribution in [0.4, 0.5) is 0 Å². The highest BCUT2D eigenvalue weighted by molar-refractivity contribution is 5.77. The topological polar surface area (TPSA) is 64.2 Å². The Balaban J connectivity index is 1.43. The molecule has 0 unspecified atom stereocenters. The average molecular weight is 352 g/mol. The maximum atomic E-state index is 12.8. The van der Waals surface area contributed by atoms with Gasteiger partial charge in [-0.2, -0.15) is 0 Å². The minimum atomic E-state index is 0.0774. The fourth-order valence-electron chi connectivity index (χ4n) is 3.79. The summed E-state index contributed by atoms with van der Waals surface area (Å²) < 4.78 is 7.14. The third kappa shape index (κ3) is 3.42. The van der Waals surface area contributed by atoms with Crippen molar-refractivity contribution < 1.29 is 4.42 Å². The Labute approximate surface area is 152 Å². The van der Waals surface area contributed by atoms with E-state index in [1.54, 1.807) is 6.26 Å². The molecular weight excluding hydrogens is 328 g/mol. The molecule has 0 atom stereocenters. The fourth-order valence-corrected chi connectivity index (χ4v) is 3.79. The molecule has 1 aliphatic rings. The molecule has 2 aromatic heterocycles. The molecule has 0 radical (unpaired) electrons. The maximum Gasteiger partial charge on any atom is 0.261 e. The molecule has 1 fully saturated rings. The predicted molar refractivity (Wildman–Crippen MR) is 100.0 cm³/mol. The van der Waals surface area contributed by atoms with Gasteiger partial charge in [0.2, 0.25) is 0 Å². The molecule has 0 aliphatic carbocycles. The zero-order valence-electron chi connectivity index (χ0n) is 15.3. The molecule has 1 aromatic carbocycles. The highest BCUT2D eigenvalue weighted by Crippen LogP contribution is 2.21. The number of para-hydroxylation sites is 1. The monoisotopic (exact) mass is 352 g/mol. The summed E-state index contributed by atoms with van der Waals surface area (Å²) in [7, 11) is 0. The summed E-state index contributed by atoms with van der Waals surface area (Å²) in [5.41, 5.74) is 1.85. The van der Waals surface area contributed by atoms with E-state index in [1.165, 1.54) is 0 Å². The number of hydrogen-bond donors (Lipinski definition) is 0. The number of rotatable bonds is 4. The quantitative estimate of drug-likeness (QED) is 0.722. The van der Waals surface area contributed by atoms with E-state index >= 15 is 0 Å². The van der Waals surface area contributed by atoms with Crippen LogP contribution in [0.1, 0.15) is 30.3 Å². The Morgan fingerprint density at radius 3 is 2.65 bits per heavy atom. The fraction of sp³-hybridized carbons (Fsp3) is 0.450. The molecule has 0 bridgehead atoms. The van der Waals surface area contributed by atoms with Gasteiger partial charge in [0, 0.05) is 20.0 Å². The lowest BCUT2D eigenvalue weighted by atomic mass is 9.96. The van der Waals surface area contributed by atoms with Gasteiger partial charge in [0.15, 0.2) is 5.89 Å². The number of aromatic nitrogens is 3. The number of benzene rings is 1. The van der Waals surface area contributed by atoms with Crippen molar-refractivity contribution in [3.05, 3.63) is 58.3 Å². The van der Waals surface area contributed by atoms with Crippen molar-refractivity contribution in [3.8, 4) is 0 Å². The largest absolute Gasteiger partial charge is 0.449 e. The van der Waals surface area contributed by atoms with E-state index in [-0.39, 0.29) is 5.56 Å². The smallest absolute Gasteiger partial charge is 0.261 e. The standard InChI is InChI=1S/C20H24N4O2/c1-14-21-19-6-4-3-5-18(19)20(25)24(14)11-16-7-9-23(10-8-16)12-17-13-26-15(2)22-17/h3-6,13,16H,7-12H2,1-2H3. The number of oxazole rings is 1. The Bertz CT molecular complexity index is 967. The lowest BCUT2D eigenvalue weighted by molar-refractivity contribution is 0.164. The molecule has 0 spiro atoms. The van der Waals surface area contributed by atoms with Gasteiger partial charge < -0.3 is 4.42 Å². The van der Waals surface area contributed by atoms with Gasteiger partial charge in [-0.3, -0.25) is 14.3 Å². The zero-order chi connectivity index (χ0) is 18.1. The van der Waals surface area contributed by atoms with E-state index in [2.05, 4.69) is 14.9 Å². The van der Waals surface area contributed by atoms with E-state index in [1.807, 2.05) is 42.7 Å². The molecule has 3 heterocycles. The molecule has 6 nitrogen and oxygen atoms in total. The zero-order valence-corrected chi connectivity index (χ0v) is 15.3. The van der Waals surface area contributed by atoms with Gasteiger partial charge in [-0.25, -0.2) is 9.97 Å². The minimum absolute atomic E-state index is 0.0774. The summed E-state index contributed by atoms with van der Waals surface area (Å²) >= 11 is 0. The first-order chi connectivity index (χ1) is 12.6. The highest BCUT2D eigenvalue weighted by atomic mass is 16.3. The number of piperidine rings is 1. The van der Waals surface area contributed by atoms with Gasteiger partial charge in [-0.15, -0.1) is 0 Å². The van der Waals surface area contributed by atoms with Crippen molar-refractivity contribution >= 4 is 10.9 Å². The Morgan fingerprint density at radius 2 is 1.92 bits per heavy atom. The van der Waals surface area contributed by atoms with Crippen LogP contribution in [0.15, 0.2) is 39.7 Å². The third-order valence-electron chi connectivity index (χ3n) is 5.25. The van der Waals surface area contributed by atoms with Gasteiger partial charge in [0.1, 0.15) is 12.1 Å². The first kappa shape index (κ1) is 17.0. The van der Waals surface area contributed by atoms with Crippen LogP contribution < -0.4 is 5.56 Å². The summed E-state index contributed by atoms with van der Waals surface area (Å²) in [5.74, 6) is 2.02. The van der Waals surface area contributed by atoms with E-state index in [0.717, 1.165) is 56.1 Å². The molecule has 1 aliphatic heterocycles. The van der Waals surface area contributed by atoms with Crippen molar-refractivity contribution in [1.29, 1.82) is 0 Å². The van der Waals surface area contributed by atoms with Crippen molar-refractivity contribution in [3.63, 3.8) is 0 Å². The Hall–Kier alpha value is -2.47. The molecule has 26 heavy (non-hydrogen) atoms. The minimum Gasteiger partial charge on any atom is -0.449 e. The Kier molecular flexibility index (Phi) is 4.59. The molecule has 0 amide bonds. The molecule has 6 heteroatoms. The van der Waals surface area contributed by atoms with Gasteiger partial charge in [0.05, 0.1) is 16.6 Å². The van der Waals surface area contributed by atoms with Crippen LogP contribution in [0.5, 0.6) is 0 Å². The average Bonchev–Trinajstić information content (AvgIpc) is 3.05. The summed E-state index contributed by atoms with van der Waals surface area (Å²) in [6.07, 6.45) is 3.90. The molecule has 3 aromatic rings. The highest BCUT2D eigenvalue weighted by Gasteiger charge is 2.22. The van der Waals surface area contributed by atoms with Gasteiger partial charge >= 0.3 is 0 Å². The van der Waals surface area contributed by atoms with Crippen LogP contribution in [0.25, 0.3) is 10.9 Å². The lowest BCUT2D eigenvalue weighted by Crippen LogP contribution is -2.36. The van der Waals surface area contributed by atoms with Gasteiger partial charge in [0.25, 0.3) is 5.56 Å². The van der Waals surface area contributed by atoms with Crippen LogP contribution in [0.2, 0.25) is 0 Å². The molecule has 0 saturated carbocycles. The van der Waals surface area contributed by atoms with Crippen LogP contribution >= 0.6 is 0 Å². The summed E-state index contributed by atoms with van der Waals surface area (Å²) in [4.78, 5) is 24.2. The van der Waals surface area contributed by atoms with Gasteiger partial charge in [-0.1, -0.05) is 12.1 Å². The first-order valence-electron chi connectivity index (χ1n) is 9.19. The van der Waals surface area contributed by atoms with E-state index in [9.17, 15) is 4.79 Å². The van der Waals surface area contributed by atoms with Crippen LogP contribution in [0, 0.1) is 19.8 Å². The van der Waals surface area contributed by atoms with Crippen LogP contribution in [-0.4, -0.2) is 32.5 Å². The van der Waals surface area contributed by atoms with Crippen molar-refractivity contribution in [1.82, 2.24) is 19.4 Å². The number of likely N-dealkylation sites (tertiary alicyclic amines) is 1. The predicted octanol–water partition coefficient (Wildman–Crippen LogP) is 2.91. The van der Waals surface area contributed by atoms with E-state index in [0.29, 0.717) is 17.2 Å². The molecular formula is C20H24N4O2. The molecule has 136 valence electrons. The van der Waals surface area contributed by atoms with Crippen molar-refractivity contribution in [2.45, 2.75) is 39.8 Å². The molecule has 0 N–H and O–H groups in total. The summed E-state index contributed by atoms with van der Waals surface area (Å²) in [6, 6.07) is 7.58. The summed E-state index contributed by atoms with van der Waals surface area (Å²) in [5, 5.41) is 0.705. The van der Waals surface area contributed by atoms with Crippen LogP contribution in [-0.2, 0) is 13.1 Å². The van der Waals surface area contributed by atoms with Crippen molar-refractivity contribution in [2.24, 2.45) is 5.92 Å². The van der Waals surface area contributed by atoms with E-state index < -0.39 is 0 Å². The SMILES string of the molecule is Cc1nc(CN2CCC(Cn3c(C)nc4ccccc4c3=O)CC2)co1. The Morgan fingerprint density at radius 1 is 1.15 bits per heavy atom. The van der Waals surface area contributed by atoms with Crippen molar-refractivity contribution in [2.75, 3.05) is 13.1 Å². The number of aryl methyl sites for hydroxylation is 2. The molecule has 4 rings (SSSR count). The lowest BCUT2D eigenvalue weighted by Gasteiger charge is -2.31. The number of hydrogen-bond acceptors (Lipinski definition) is 5. The molecule has 1 saturated heterocycles. The van der Waals surface area contributed by atoms with E-state index in [4.69, 9.17) is 4.42 Å². The van der Waals surface area contributed by atoms with Crippen LogP contribution in [0.3, 0.4) is 0 Å².